The van der Waals surface area contributed by atoms with E-state index in [1.165, 1.54) is 0 Å². The number of nitrogens with one attached hydrogen (secondary N) is 2. The highest BCUT2D eigenvalue weighted by Gasteiger charge is 2.47. The summed E-state index contributed by atoms with van der Waals surface area (Å²) < 4.78 is 0. The molecule has 1 aliphatic carbocycles. The number of imide groups is 1. The molecule has 4 heteroatoms. The monoisotopic (exact) mass is 238 g/mol. The van der Waals surface area contributed by atoms with Crippen LogP contribution >= 0.6 is 0 Å². The SMILES string of the molecule is CC(C)(C)C1CCCC2(CC1)NC(=O)NC2=O. The first kappa shape index (κ1) is 12.4. The average Bonchev–Trinajstić information content (AvgIpc) is 2.37. The highest BCUT2D eigenvalue weighted by atomic mass is 16.2. The van der Waals surface area contributed by atoms with Crippen molar-refractivity contribution in [3.63, 3.8) is 0 Å². The van der Waals surface area contributed by atoms with Gasteiger partial charge in [0.15, 0.2) is 0 Å². The highest BCUT2D eigenvalue weighted by molar-refractivity contribution is 6.07. The summed E-state index contributed by atoms with van der Waals surface area (Å²) >= 11 is 0. The molecule has 2 atom stereocenters. The van der Waals surface area contributed by atoms with E-state index in [-0.39, 0.29) is 17.4 Å². The van der Waals surface area contributed by atoms with E-state index in [9.17, 15) is 9.59 Å². The molecule has 1 saturated heterocycles. The summed E-state index contributed by atoms with van der Waals surface area (Å²) in [7, 11) is 0. The first-order valence-electron chi connectivity index (χ1n) is 6.47. The highest BCUT2D eigenvalue weighted by Crippen LogP contribution is 2.40. The molecule has 0 radical (unpaired) electrons. The molecular weight excluding hydrogens is 216 g/mol. The van der Waals surface area contributed by atoms with Gasteiger partial charge in [-0.1, -0.05) is 27.2 Å². The molecule has 0 aromatic heterocycles. The Morgan fingerprint density at radius 2 is 1.88 bits per heavy atom. The van der Waals surface area contributed by atoms with Gasteiger partial charge in [0.25, 0.3) is 5.91 Å². The minimum absolute atomic E-state index is 0.128. The van der Waals surface area contributed by atoms with Gasteiger partial charge in [-0.3, -0.25) is 10.1 Å². The molecule has 1 aliphatic heterocycles. The van der Waals surface area contributed by atoms with Gasteiger partial charge in [-0.2, -0.15) is 0 Å². The predicted molar refractivity (Wildman–Crippen MR) is 65.4 cm³/mol. The predicted octanol–water partition coefficient (Wildman–Crippen LogP) is 2.19. The lowest BCUT2D eigenvalue weighted by atomic mass is 9.76. The molecule has 96 valence electrons. The van der Waals surface area contributed by atoms with E-state index in [0.29, 0.717) is 5.92 Å². The molecule has 1 heterocycles. The molecule has 4 nitrogen and oxygen atoms in total. The third-order valence-electron chi connectivity index (χ3n) is 4.31. The van der Waals surface area contributed by atoms with Crippen molar-refractivity contribution in [2.24, 2.45) is 11.3 Å². The van der Waals surface area contributed by atoms with Gasteiger partial charge < -0.3 is 5.32 Å². The minimum Gasteiger partial charge on any atom is -0.323 e. The summed E-state index contributed by atoms with van der Waals surface area (Å²) in [5.74, 6) is 0.504. The summed E-state index contributed by atoms with van der Waals surface area (Å²) in [6, 6.07) is -0.329. The first-order valence-corrected chi connectivity index (χ1v) is 6.47. The van der Waals surface area contributed by atoms with Crippen molar-refractivity contribution in [2.45, 2.75) is 58.4 Å². The van der Waals surface area contributed by atoms with Crippen molar-refractivity contribution in [3.8, 4) is 0 Å². The van der Waals surface area contributed by atoms with E-state index in [0.717, 1.165) is 32.1 Å². The fourth-order valence-electron chi connectivity index (χ4n) is 3.09. The maximum absolute atomic E-state index is 11.9. The lowest BCUT2D eigenvalue weighted by Crippen LogP contribution is -2.46. The lowest BCUT2D eigenvalue weighted by molar-refractivity contribution is -0.124. The third-order valence-corrected chi connectivity index (χ3v) is 4.31. The number of amides is 3. The Hall–Kier alpha value is -1.06. The van der Waals surface area contributed by atoms with Crippen LogP contribution in [-0.2, 0) is 4.79 Å². The summed E-state index contributed by atoms with van der Waals surface area (Å²) in [6.45, 7) is 6.76. The van der Waals surface area contributed by atoms with Crippen LogP contribution in [0.15, 0.2) is 0 Å². The zero-order chi connectivity index (χ0) is 12.7. The van der Waals surface area contributed by atoms with E-state index < -0.39 is 5.54 Å². The number of urea groups is 1. The Bertz CT molecular complexity index is 346. The van der Waals surface area contributed by atoms with Gasteiger partial charge in [-0.05, 0) is 37.0 Å². The maximum atomic E-state index is 11.9. The van der Waals surface area contributed by atoms with Crippen molar-refractivity contribution in [3.05, 3.63) is 0 Å². The third kappa shape index (κ3) is 2.31. The standard InChI is InChI=1S/C13H22N2O2/c1-12(2,3)9-5-4-7-13(8-6-9)10(16)14-11(17)15-13/h9H,4-8H2,1-3H3,(H2,14,15,16,17). The van der Waals surface area contributed by atoms with Crippen molar-refractivity contribution in [1.29, 1.82) is 0 Å². The Kier molecular flexibility index (Phi) is 2.92. The van der Waals surface area contributed by atoms with Crippen LogP contribution in [0, 0.1) is 11.3 Å². The molecule has 0 aromatic carbocycles. The minimum atomic E-state index is -0.614. The fraction of sp³-hybridized carbons (Fsp3) is 0.846. The van der Waals surface area contributed by atoms with Gasteiger partial charge in [0.05, 0.1) is 0 Å². The topological polar surface area (TPSA) is 58.2 Å². The van der Waals surface area contributed by atoms with E-state index in [1.54, 1.807) is 0 Å². The summed E-state index contributed by atoms with van der Waals surface area (Å²) in [6.07, 6.45) is 4.71. The van der Waals surface area contributed by atoms with E-state index in [1.807, 2.05) is 0 Å². The van der Waals surface area contributed by atoms with Crippen LogP contribution in [-0.4, -0.2) is 17.5 Å². The van der Waals surface area contributed by atoms with Crippen molar-refractivity contribution < 1.29 is 9.59 Å². The number of carbonyl (C=O) groups is 2. The van der Waals surface area contributed by atoms with Crippen molar-refractivity contribution in [2.75, 3.05) is 0 Å². The van der Waals surface area contributed by atoms with E-state index in [4.69, 9.17) is 0 Å². The fourth-order valence-corrected chi connectivity index (χ4v) is 3.09. The van der Waals surface area contributed by atoms with Gasteiger partial charge >= 0.3 is 6.03 Å². The van der Waals surface area contributed by atoms with Gasteiger partial charge in [0, 0.05) is 0 Å². The molecule has 0 bridgehead atoms. The smallest absolute Gasteiger partial charge is 0.322 e. The Labute approximate surface area is 103 Å². The normalized spacial score (nSPS) is 34.4. The van der Waals surface area contributed by atoms with Crippen LogP contribution in [0.4, 0.5) is 4.79 Å². The molecule has 1 spiro atoms. The summed E-state index contributed by atoms with van der Waals surface area (Å²) in [4.78, 5) is 23.2. The van der Waals surface area contributed by atoms with Crippen molar-refractivity contribution >= 4 is 11.9 Å². The van der Waals surface area contributed by atoms with E-state index >= 15 is 0 Å². The van der Waals surface area contributed by atoms with Crippen LogP contribution < -0.4 is 10.6 Å². The number of rotatable bonds is 0. The van der Waals surface area contributed by atoms with Crippen LogP contribution in [0.3, 0.4) is 0 Å². The van der Waals surface area contributed by atoms with Crippen LogP contribution in [0.25, 0.3) is 0 Å². The van der Waals surface area contributed by atoms with Crippen LogP contribution in [0.5, 0.6) is 0 Å². The summed E-state index contributed by atoms with van der Waals surface area (Å²) in [5.41, 5.74) is -0.332. The van der Waals surface area contributed by atoms with Gasteiger partial charge in [0.1, 0.15) is 5.54 Å². The second kappa shape index (κ2) is 4.00. The van der Waals surface area contributed by atoms with Crippen molar-refractivity contribution in [1.82, 2.24) is 10.6 Å². The molecule has 1 saturated carbocycles. The zero-order valence-electron chi connectivity index (χ0n) is 10.9. The lowest BCUT2D eigenvalue weighted by Gasteiger charge is -2.30. The molecule has 2 N–H and O–H groups in total. The van der Waals surface area contributed by atoms with Gasteiger partial charge in [-0.25, -0.2) is 4.79 Å². The number of hydrogen-bond donors (Lipinski definition) is 2. The van der Waals surface area contributed by atoms with Crippen LogP contribution in [0.2, 0.25) is 0 Å². The quantitative estimate of drug-likeness (QED) is 0.636. The number of hydrogen-bond acceptors (Lipinski definition) is 2. The van der Waals surface area contributed by atoms with Gasteiger partial charge in [0.2, 0.25) is 0 Å². The van der Waals surface area contributed by atoms with Crippen LogP contribution in [0.1, 0.15) is 52.9 Å². The number of carbonyl (C=O) groups excluding carboxylic acids is 2. The second-order valence-corrected chi connectivity index (χ2v) is 6.48. The first-order chi connectivity index (χ1) is 7.83. The summed E-state index contributed by atoms with van der Waals surface area (Å²) in [5, 5.41) is 5.20. The van der Waals surface area contributed by atoms with Gasteiger partial charge in [-0.15, -0.1) is 0 Å². The Morgan fingerprint density at radius 3 is 2.41 bits per heavy atom. The molecule has 2 fully saturated rings. The molecule has 0 aromatic rings. The Balaban J connectivity index is 2.10. The molecular formula is C13H22N2O2. The molecule has 2 rings (SSSR count). The average molecular weight is 238 g/mol. The molecule has 3 amide bonds. The molecule has 17 heavy (non-hydrogen) atoms. The molecule has 2 unspecified atom stereocenters. The van der Waals surface area contributed by atoms with E-state index in [2.05, 4.69) is 31.4 Å². The Morgan fingerprint density at radius 1 is 1.18 bits per heavy atom. The maximum Gasteiger partial charge on any atom is 0.322 e. The zero-order valence-corrected chi connectivity index (χ0v) is 10.9. The second-order valence-electron chi connectivity index (χ2n) is 6.48. The largest absolute Gasteiger partial charge is 0.323 e. The molecule has 2 aliphatic rings.